The number of rotatable bonds is 3. The van der Waals surface area contributed by atoms with Crippen LogP contribution in [0.3, 0.4) is 0 Å². The van der Waals surface area contributed by atoms with Gasteiger partial charge in [0.25, 0.3) is 5.91 Å². The lowest BCUT2D eigenvalue weighted by molar-refractivity contribution is -0.149. The van der Waals surface area contributed by atoms with Crippen LogP contribution in [0.15, 0.2) is 11.4 Å². The molecule has 114 valence electrons. The third kappa shape index (κ3) is 3.60. The van der Waals surface area contributed by atoms with E-state index in [1.165, 1.54) is 11.3 Å². The fourth-order valence-corrected chi connectivity index (χ4v) is 3.43. The van der Waals surface area contributed by atoms with Crippen LogP contribution in [0.2, 0.25) is 0 Å². The number of nitrogens with one attached hydrogen (secondary N) is 2. The van der Waals surface area contributed by atoms with Crippen LogP contribution in [0, 0.1) is 18.8 Å². The summed E-state index contributed by atoms with van der Waals surface area (Å²) in [6, 6.07) is 1.82. The minimum atomic E-state index is -0.949. The molecule has 1 fully saturated rings. The number of hydrogen-bond acceptors (Lipinski definition) is 4. The molecule has 1 heterocycles. The molecule has 0 radical (unpaired) electrons. The molecule has 0 spiro atoms. The standard InChI is InChI=1S/C14H18N2O4S/c1-8-6-7-21-11(8)13(18)16-15-12(17)9-4-2-3-5-10(9)14(19)20/h6-7,9-10H,2-5H2,1H3,(H,15,17)(H,16,18)(H,19,20)/t9-,10+/m1/s1. The first kappa shape index (κ1) is 15.5. The highest BCUT2D eigenvalue weighted by Gasteiger charge is 2.35. The fraction of sp³-hybridized carbons (Fsp3) is 0.500. The van der Waals surface area contributed by atoms with Gasteiger partial charge in [-0.2, -0.15) is 0 Å². The summed E-state index contributed by atoms with van der Waals surface area (Å²) in [4.78, 5) is 35.7. The van der Waals surface area contributed by atoms with E-state index in [1.54, 1.807) is 5.38 Å². The third-order valence-electron chi connectivity index (χ3n) is 3.79. The highest BCUT2D eigenvalue weighted by atomic mass is 32.1. The molecule has 1 saturated carbocycles. The minimum Gasteiger partial charge on any atom is -0.481 e. The van der Waals surface area contributed by atoms with Crippen LogP contribution in [0.25, 0.3) is 0 Å². The van der Waals surface area contributed by atoms with E-state index in [0.29, 0.717) is 17.7 Å². The maximum atomic E-state index is 12.1. The summed E-state index contributed by atoms with van der Waals surface area (Å²) in [5, 5.41) is 11.0. The molecule has 6 nitrogen and oxygen atoms in total. The Morgan fingerprint density at radius 2 is 1.86 bits per heavy atom. The SMILES string of the molecule is Cc1ccsc1C(=O)NNC(=O)[C@@H]1CCCC[C@@H]1C(=O)O. The molecule has 21 heavy (non-hydrogen) atoms. The third-order valence-corrected chi connectivity index (χ3v) is 4.80. The Labute approximate surface area is 126 Å². The summed E-state index contributed by atoms with van der Waals surface area (Å²) in [6.45, 7) is 1.81. The molecular weight excluding hydrogens is 292 g/mol. The summed E-state index contributed by atoms with van der Waals surface area (Å²) >= 11 is 1.29. The first-order valence-corrected chi connectivity index (χ1v) is 7.75. The van der Waals surface area contributed by atoms with Gasteiger partial charge >= 0.3 is 5.97 Å². The molecule has 0 bridgehead atoms. The van der Waals surface area contributed by atoms with Crippen LogP contribution in [0.1, 0.15) is 40.9 Å². The van der Waals surface area contributed by atoms with E-state index in [4.69, 9.17) is 5.11 Å². The average Bonchev–Trinajstić information content (AvgIpc) is 2.90. The number of thiophene rings is 1. The van der Waals surface area contributed by atoms with Crippen LogP contribution in [-0.2, 0) is 9.59 Å². The molecule has 3 N–H and O–H groups in total. The Morgan fingerprint density at radius 1 is 1.19 bits per heavy atom. The van der Waals surface area contributed by atoms with Crippen molar-refractivity contribution in [1.29, 1.82) is 0 Å². The lowest BCUT2D eigenvalue weighted by atomic mass is 9.79. The summed E-state index contributed by atoms with van der Waals surface area (Å²) in [5.74, 6) is -3.00. The predicted molar refractivity (Wildman–Crippen MR) is 77.7 cm³/mol. The van der Waals surface area contributed by atoms with Crippen LogP contribution in [-0.4, -0.2) is 22.9 Å². The molecule has 2 atom stereocenters. The number of carboxylic acid groups (broad SMARTS) is 1. The molecule has 1 aliphatic rings. The van der Waals surface area contributed by atoms with E-state index in [0.717, 1.165) is 18.4 Å². The molecule has 0 aromatic carbocycles. The first-order valence-electron chi connectivity index (χ1n) is 6.87. The van der Waals surface area contributed by atoms with E-state index >= 15 is 0 Å². The van der Waals surface area contributed by atoms with Crippen molar-refractivity contribution in [2.45, 2.75) is 32.6 Å². The van der Waals surface area contributed by atoms with E-state index in [9.17, 15) is 14.4 Å². The molecule has 0 saturated heterocycles. The Morgan fingerprint density at radius 3 is 2.43 bits per heavy atom. The van der Waals surface area contributed by atoms with E-state index in [2.05, 4.69) is 10.9 Å². The van der Waals surface area contributed by atoms with Crippen molar-refractivity contribution in [1.82, 2.24) is 10.9 Å². The topological polar surface area (TPSA) is 95.5 Å². The van der Waals surface area contributed by atoms with Crippen molar-refractivity contribution >= 4 is 29.1 Å². The average molecular weight is 310 g/mol. The zero-order valence-corrected chi connectivity index (χ0v) is 12.5. The lowest BCUT2D eigenvalue weighted by Gasteiger charge is -2.27. The summed E-state index contributed by atoms with van der Waals surface area (Å²) in [7, 11) is 0. The minimum absolute atomic E-state index is 0.376. The van der Waals surface area contributed by atoms with Gasteiger partial charge in [-0.15, -0.1) is 11.3 Å². The normalized spacial score (nSPS) is 21.6. The van der Waals surface area contributed by atoms with Crippen LogP contribution in [0.4, 0.5) is 0 Å². The molecular formula is C14H18N2O4S. The highest BCUT2D eigenvalue weighted by molar-refractivity contribution is 7.12. The summed E-state index contributed by atoms with van der Waals surface area (Å²) in [6.07, 6.45) is 2.70. The van der Waals surface area contributed by atoms with Crippen LogP contribution >= 0.6 is 11.3 Å². The highest BCUT2D eigenvalue weighted by Crippen LogP contribution is 2.30. The Bertz CT molecular complexity index is 555. The summed E-state index contributed by atoms with van der Waals surface area (Å²) < 4.78 is 0. The van der Waals surface area contributed by atoms with Crippen molar-refractivity contribution in [2.24, 2.45) is 11.8 Å². The Kier molecular flexibility index (Phi) is 4.95. The van der Waals surface area contributed by atoms with E-state index in [-0.39, 0.29) is 5.91 Å². The van der Waals surface area contributed by atoms with Gasteiger partial charge in [0.05, 0.1) is 16.7 Å². The number of hydrogen-bond donors (Lipinski definition) is 3. The molecule has 1 aromatic heterocycles. The van der Waals surface area contributed by atoms with Crippen molar-refractivity contribution < 1.29 is 19.5 Å². The second-order valence-electron chi connectivity index (χ2n) is 5.21. The van der Waals surface area contributed by atoms with Crippen LogP contribution in [0.5, 0.6) is 0 Å². The first-order chi connectivity index (χ1) is 10.0. The smallest absolute Gasteiger partial charge is 0.307 e. The fourth-order valence-electron chi connectivity index (χ4n) is 2.61. The maximum absolute atomic E-state index is 12.1. The van der Waals surface area contributed by atoms with Crippen molar-refractivity contribution in [3.05, 3.63) is 21.9 Å². The molecule has 0 aliphatic heterocycles. The van der Waals surface area contributed by atoms with Crippen LogP contribution < -0.4 is 10.9 Å². The van der Waals surface area contributed by atoms with Gasteiger partial charge in [-0.25, -0.2) is 0 Å². The van der Waals surface area contributed by atoms with Gasteiger partial charge in [0, 0.05) is 0 Å². The zero-order chi connectivity index (χ0) is 15.4. The molecule has 0 unspecified atom stereocenters. The maximum Gasteiger partial charge on any atom is 0.307 e. The second kappa shape index (κ2) is 6.71. The number of carboxylic acids is 1. The monoisotopic (exact) mass is 310 g/mol. The molecule has 2 amide bonds. The predicted octanol–water partition coefficient (Wildman–Crippen LogP) is 1.71. The number of amides is 2. The van der Waals surface area contributed by atoms with Crippen molar-refractivity contribution in [2.75, 3.05) is 0 Å². The molecule has 2 rings (SSSR count). The quantitative estimate of drug-likeness (QED) is 0.741. The molecule has 1 aromatic rings. The Balaban J connectivity index is 1.93. The largest absolute Gasteiger partial charge is 0.481 e. The number of aryl methyl sites for hydroxylation is 1. The summed E-state index contributed by atoms with van der Waals surface area (Å²) in [5.41, 5.74) is 5.56. The van der Waals surface area contributed by atoms with E-state index in [1.807, 2.05) is 13.0 Å². The van der Waals surface area contributed by atoms with Gasteiger partial charge < -0.3 is 5.11 Å². The van der Waals surface area contributed by atoms with Gasteiger partial charge in [-0.3, -0.25) is 25.2 Å². The zero-order valence-electron chi connectivity index (χ0n) is 11.7. The van der Waals surface area contributed by atoms with Gasteiger partial charge in [-0.1, -0.05) is 12.8 Å². The van der Waals surface area contributed by atoms with Gasteiger partial charge in [0.15, 0.2) is 0 Å². The van der Waals surface area contributed by atoms with Crippen molar-refractivity contribution in [3.8, 4) is 0 Å². The second-order valence-corrected chi connectivity index (χ2v) is 6.13. The van der Waals surface area contributed by atoms with Gasteiger partial charge in [0.1, 0.15) is 0 Å². The number of hydrazine groups is 1. The molecule has 7 heteroatoms. The number of carbonyl (C=O) groups is 3. The number of carbonyl (C=O) groups excluding carboxylic acids is 2. The number of aliphatic carboxylic acids is 1. The van der Waals surface area contributed by atoms with Gasteiger partial charge in [0.2, 0.25) is 5.91 Å². The van der Waals surface area contributed by atoms with Gasteiger partial charge in [-0.05, 0) is 36.8 Å². The van der Waals surface area contributed by atoms with Crippen molar-refractivity contribution in [3.63, 3.8) is 0 Å². The Hall–Kier alpha value is -1.89. The lowest BCUT2D eigenvalue weighted by Crippen LogP contribution is -2.47. The van der Waals surface area contributed by atoms with E-state index < -0.39 is 23.7 Å². The molecule has 1 aliphatic carbocycles.